The van der Waals surface area contributed by atoms with Crippen LogP contribution in [0, 0.1) is 22.7 Å². The molecule has 757 valence electrons. The number of amides is 2. The number of halogens is 8. The van der Waals surface area contributed by atoms with E-state index < -0.39 is 12.1 Å². The van der Waals surface area contributed by atoms with Gasteiger partial charge >= 0.3 is 86.0 Å². The summed E-state index contributed by atoms with van der Waals surface area (Å²) < 4.78 is 68.3. The molecule has 10 aromatic rings. The standard InChI is InChI=1S/2C19H27N5O4.C14H21N5O2.C14H17N5O2.C10H10ClN3O2.C5H8O3.C4H8N2.ClH.I3.I2.HI.Na.H2O.V/c2*1-24(8-5-7-21-18(25)14-6-4-9-28-14)19-22-13-11-16(27-3)15(26-2)10-12(13)17(20)23-19;2*1-19(6-4-5-15)14-17-10-8-12(21-3)11(20-2)7-9(10)13(16)18-14;1-15-7-3-5-6(4-8(7)16-2)13-10(11)14-9(5)12;6-5(7)4-2-1-3-8-4;1-6-4-2-3-5;;1-3-2;1-2;;;;/h2*10-11,14H,4-9H2,1-3H3,(H,21,25)(H2,20,22,23);7-8H,4-6,15H2,1-3H3,(H2,16,17,18);7-8H,4,6H2,1-3H3,(H2,16,17,18);3-4H,1-2H3,(H2,12,13,14);4H,1-3H2,(H,6,7);6H,2,4H2,1H3;1H;;;1H;;1H2;/q;;;;;;;;-1;;;+1;;/p-1. The van der Waals surface area contributed by atoms with Crippen molar-refractivity contribution in [3.63, 3.8) is 0 Å². The van der Waals surface area contributed by atoms with Crippen molar-refractivity contribution < 1.29 is 148 Å². The summed E-state index contributed by atoms with van der Waals surface area (Å²) in [4.78, 5) is 85.0. The molecule has 3 aliphatic rings. The zero-order valence-corrected chi connectivity index (χ0v) is 97.7. The van der Waals surface area contributed by atoms with Gasteiger partial charge < -0.3 is 142 Å². The second-order valence-electron chi connectivity index (χ2n) is 28.6. The van der Waals surface area contributed by atoms with Gasteiger partial charge in [0.25, 0.3) is 0 Å². The number of ether oxygens (including phenoxy) is 13. The van der Waals surface area contributed by atoms with Gasteiger partial charge in [-0.05, 0) is 113 Å². The van der Waals surface area contributed by atoms with E-state index in [2.05, 4.69) is 146 Å². The number of benzene rings is 5. The smallest absolute Gasteiger partial charge is 0.870 e. The Bertz CT molecular complexity index is 5330. The summed E-state index contributed by atoms with van der Waals surface area (Å²) in [6.45, 7) is 7.15. The molecular formula is C85H121Cl2I6N25NaO18V-. The Morgan fingerprint density at radius 3 is 0.920 bits per heavy atom. The summed E-state index contributed by atoms with van der Waals surface area (Å²) in [6.07, 6.45) is 7.29. The molecular weight excluding hydrogens is 2570 g/mol. The van der Waals surface area contributed by atoms with E-state index in [-0.39, 0.29) is 119 Å². The van der Waals surface area contributed by atoms with E-state index in [0.29, 0.717) is 246 Å². The fourth-order valence-electron chi connectivity index (χ4n) is 12.8. The van der Waals surface area contributed by atoms with E-state index in [0.717, 1.165) is 75.4 Å². The summed E-state index contributed by atoms with van der Waals surface area (Å²) in [7, 11) is 25.0. The second-order valence-corrected chi connectivity index (χ2v) is 45.2. The van der Waals surface area contributed by atoms with E-state index >= 15 is 0 Å². The Kier molecular flexibility index (Phi) is 67.4. The van der Waals surface area contributed by atoms with E-state index in [1.54, 1.807) is 137 Å². The maximum Gasteiger partial charge on any atom is 1.00 e. The normalized spacial score (nSPS) is 13.1. The minimum Gasteiger partial charge on any atom is -0.870 e. The van der Waals surface area contributed by atoms with E-state index in [1.807, 2.05) is 56.0 Å². The number of nitrogens with one attached hydrogen (secondary N) is 3. The minimum atomic E-state index is -0.831. The molecule has 2 amide bonds. The van der Waals surface area contributed by atoms with Crippen molar-refractivity contribution in [1.29, 1.82) is 10.5 Å². The Morgan fingerprint density at radius 1 is 0.449 bits per heavy atom. The number of carboxylic acids is 1. The number of nitrogens with zero attached hydrogens (tertiary/aromatic N) is 16. The van der Waals surface area contributed by atoms with Gasteiger partial charge in [0.1, 0.15) is 41.3 Å². The van der Waals surface area contributed by atoms with Crippen molar-refractivity contribution >= 4 is 248 Å². The van der Waals surface area contributed by atoms with Gasteiger partial charge in [-0.1, -0.05) is 0 Å². The van der Waals surface area contributed by atoms with Crippen molar-refractivity contribution in [3.05, 3.63) is 65.9 Å². The zero-order chi connectivity index (χ0) is 98.2. The van der Waals surface area contributed by atoms with E-state index in [9.17, 15) is 14.4 Å². The third-order valence-electron chi connectivity index (χ3n) is 19.8. The van der Waals surface area contributed by atoms with Gasteiger partial charge in [0.15, 0.2) is 63.6 Å². The molecule has 0 spiro atoms. The van der Waals surface area contributed by atoms with Crippen LogP contribution in [-0.2, 0) is 47.1 Å². The first-order valence-corrected chi connectivity index (χ1v) is 60.5. The largest absolute Gasteiger partial charge is 1.00 e. The predicted molar refractivity (Wildman–Crippen MR) is 572 cm³/mol. The number of nitriles is 2. The fraction of sp³-hybridized carbons (Fsp3) is 0.471. The maximum absolute atomic E-state index is 12.0. The van der Waals surface area contributed by atoms with Crippen LogP contribution in [0.2, 0.25) is 5.28 Å². The topological polar surface area (TPSA) is 603 Å². The van der Waals surface area contributed by atoms with Gasteiger partial charge in [-0.15, -0.1) is 36.4 Å². The van der Waals surface area contributed by atoms with Crippen molar-refractivity contribution in [1.82, 2.24) is 65.8 Å². The molecule has 3 saturated heterocycles. The minimum absolute atomic E-state index is 0. The summed E-state index contributed by atoms with van der Waals surface area (Å²) >= 11 is 15.3. The number of rotatable bonds is 32. The zero-order valence-electron chi connectivity index (χ0n) is 79.6. The van der Waals surface area contributed by atoms with Crippen LogP contribution in [0.15, 0.2) is 60.7 Å². The summed E-state index contributed by atoms with van der Waals surface area (Å²) in [5.41, 5.74) is 38.9. The summed E-state index contributed by atoms with van der Waals surface area (Å²) in [5.74, 6) is 8.85. The number of carbonyl (C=O) groups is 3. The Labute approximate surface area is 918 Å². The van der Waals surface area contributed by atoms with Crippen LogP contribution in [-0.4, -0.2) is 275 Å². The number of aromatic nitrogens is 10. The monoisotopic (exact) mass is 2690 g/mol. The molecule has 3 fully saturated rings. The number of anilines is 9. The molecule has 0 aliphatic carbocycles. The summed E-state index contributed by atoms with van der Waals surface area (Å²) in [6, 6.07) is 21.7. The number of carboxylic acid groups (broad SMARTS) is 1. The van der Waals surface area contributed by atoms with Crippen LogP contribution in [0.4, 0.5) is 52.9 Å². The van der Waals surface area contributed by atoms with Crippen LogP contribution in [0.3, 0.4) is 0 Å². The molecule has 3 atom stereocenters. The average molecular weight is 2690 g/mol. The predicted octanol–water partition coefficient (Wildman–Crippen LogP) is 5.96. The van der Waals surface area contributed by atoms with Crippen LogP contribution in [0.1, 0.15) is 70.6 Å². The van der Waals surface area contributed by atoms with Crippen molar-refractivity contribution in [2.24, 2.45) is 5.73 Å². The number of hydrogen-bond donors (Lipinski definition) is 10. The van der Waals surface area contributed by atoms with Gasteiger partial charge in [0.05, 0.1) is 117 Å². The van der Waals surface area contributed by atoms with Gasteiger partial charge in [-0.25, -0.2) is 34.7 Å². The molecule has 0 saturated carbocycles. The molecule has 13 rings (SSSR count). The van der Waals surface area contributed by atoms with Crippen molar-refractivity contribution in [3.8, 4) is 69.6 Å². The molecule has 5 aromatic carbocycles. The molecule has 53 heteroatoms. The van der Waals surface area contributed by atoms with Gasteiger partial charge in [0.2, 0.25) is 40.9 Å². The maximum atomic E-state index is 12.0. The number of aliphatic carboxylic acids is 1. The van der Waals surface area contributed by atoms with Crippen LogP contribution < -0.4 is 160 Å². The molecule has 8 heterocycles. The molecule has 3 aliphatic heterocycles. The second kappa shape index (κ2) is 71.2. The van der Waals surface area contributed by atoms with E-state index in [1.165, 1.54) is 0 Å². The third kappa shape index (κ3) is 40.8. The number of nitrogen functional groups attached to an aromatic ring is 5. The summed E-state index contributed by atoms with van der Waals surface area (Å²) in [5, 5.41) is 37.2. The van der Waals surface area contributed by atoms with Gasteiger partial charge in [0, 0.05) is 213 Å². The number of methoxy groups -OCH3 is 10. The third-order valence-corrected chi connectivity index (χ3v) is 19.9. The van der Waals surface area contributed by atoms with E-state index in [4.69, 9.17) is 123 Å². The first kappa shape index (κ1) is 131. The number of hydrogen-bond acceptors (Lipinski definition) is 40. The fourth-order valence-corrected chi connectivity index (χ4v) is 12.9. The molecule has 17 N–H and O–H groups in total. The van der Waals surface area contributed by atoms with Gasteiger partial charge in [-0.2, -0.15) is 30.5 Å². The van der Waals surface area contributed by atoms with Crippen molar-refractivity contribution in [2.45, 2.75) is 88.9 Å². The molecule has 43 nitrogen and oxygen atoms in total. The molecule has 3 unspecified atom stereocenters. The number of nitrogens with two attached hydrogens (primary N) is 6. The Morgan fingerprint density at radius 2 is 0.696 bits per heavy atom. The SMILES string of the molecule is CNCCC#N.COc1cc2nc(Cl)nc(N)c2cc1OC.COc1cc2nc(N(C)CCC#N)nc(N)c2cc1OC.COc1cc2nc(N(C)CCCN)nc(N)c2cc1OC.COc1cc2nc(N(C)CCCNC(=O)C3CCCO3)nc(N)c2cc1OC.COc1cc2nc(N(C)CCCNC(=O)C3CCCO3)nc(N)c2cc1OC.Cl.I.II.I[I-]I.O=C(O)C1CCCO1.[Na+].[OH-].[V]. The molecule has 1 radical (unpaired) electrons. The number of carbonyl (C=O) groups excluding carboxylic acids is 2. The van der Waals surface area contributed by atoms with Gasteiger partial charge in [-0.3, -0.25) is 9.59 Å². The van der Waals surface area contributed by atoms with Crippen LogP contribution in [0.25, 0.3) is 54.5 Å². The van der Waals surface area contributed by atoms with Crippen LogP contribution in [0.5, 0.6) is 57.5 Å². The average Bonchev–Trinajstić information content (AvgIpc) is 1.03. The number of fused-ring (bicyclic) bond motifs is 5. The quantitative estimate of drug-likeness (QED) is 0.0101. The van der Waals surface area contributed by atoms with Crippen molar-refractivity contribution in [2.75, 3.05) is 227 Å². The van der Waals surface area contributed by atoms with Crippen LogP contribution >= 0.6 is 122 Å². The first-order valence-electron chi connectivity index (χ1n) is 41.3. The molecule has 5 aromatic heterocycles. The Balaban J connectivity index is 0.00000162. The molecule has 0 bridgehead atoms. The first-order chi connectivity index (χ1) is 64.0. The Hall–Kier alpha value is -7.31. The molecule has 138 heavy (non-hydrogen) atoms.